The van der Waals surface area contributed by atoms with E-state index in [2.05, 4.69) is 43.8 Å². The van der Waals surface area contributed by atoms with Crippen molar-refractivity contribution in [2.24, 2.45) is 0 Å². The zero-order chi connectivity index (χ0) is 20.5. The number of hydrogen-bond acceptors (Lipinski definition) is 5. The van der Waals surface area contributed by atoms with Gasteiger partial charge in [-0.15, -0.1) is 11.3 Å². The molecule has 0 saturated heterocycles. The van der Waals surface area contributed by atoms with Crippen LogP contribution < -0.4 is 0 Å². The van der Waals surface area contributed by atoms with Crippen molar-refractivity contribution in [3.05, 3.63) is 46.3 Å². The highest BCUT2D eigenvalue weighted by molar-refractivity contribution is 7.13. The first-order chi connectivity index (χ1) is 13.1. The maximum absolute atomic E-state index is 6.52. The maximum Gasteiger partial charge on any atom is 0.191 e. The minimum absolute atomic E-state index is 0.176. The van der Waals surface area contributed by atoms with Crippen molar-refractivity contribution in [2.45, 2.75) is 52.2 Å². The lowest BCUT2D eigenvalue weighted by atomic mass is 10.1. The van der Waals surface area contributed by atoms with E-state index in [-0.39, 0.29) is 5.04 Å². The minimum Gasteiger partial charge on any atom is -0.416 e. The molecule has 0 N–H and O–H groups in total. The predicted molar refractivity (Wildman–Crippen MR) is 119 cm³/mol. The molecule has 3 heterocycles. The van der Waals surface area contributed by atoms with Crippen LogP contribution in [0, 0.1) is 6.92 Å². The molecule has 28 heavy (non-hydrogen) atoms. The van der Waals surface area contributed by atoms with Gasteiger partial charge in [0.15, 0.2) is 8.32 Å². The molecule has 3 rings (SSSR count). The third-order valence-electron chi connectivity index (χ3n) is 5.29. The van der Waals surface area contributed by atoms with Crippen LogP contribution in [0.3, 0.4) is 0 Å². The molecule has 0 aliphatic heterocycles. The fraction of sp³-hybridized carbons (Fsp3) is 0.450. The summed E-state index contributed by atoms with van der Waals surface area (Å²) in [7, 11) is -1.81. The van der Waals surface area contributed by atoms with E-state index in [0.717, 1.165) is 27.6 Å². The quantitative estimate of drug-likeness (QED) is 0.357. The van der Waals surface area contributed by atoms with E-state index >= 15 is 0 Å². The topological polar surface area (TPSA) is 52.8 Å². The van der Waals surface area contributed by atoms with Gasteiger partial charge in [0.1, 0.15) is 15.9 Å². The van der Waals surface area contributed by atoms with E-state index in [1.54, 1.807) is 17.5 Å². The lowest BCUT2D eigenvalue weighted by Gasteiger charge is -2.36. The van der Waals surface area contributed by atoms with E-state index in [9.17, 15) is 0 Å². The van der Waals surface area contributed by atoms with Gasteiger partial charge in [0, 0.05) is 35.6 Å². The molecule has 0 saturated carbocycles. The second-order valence-electron chi connectivity index (χ2n) is 8.39. The number of pyridine rings is 1. The minimum atomic E-state index is -1.81. The number of aromatic nitrogens is 4. The van der Waals surface area contributed by atoms with E-state index in [4.69, 9.17) is 21.1 Å². The van der Waals surface area contributed by atoms with Crippen molar-refractivity contribution in [1.82, 2.24) is 19.7 Å². The summed E-state index contributed by atoms with van der Waals surface area (Å²) in [6, 6.07) is 3.99. The number of aryl methyl sites for hydroxylation is 1. The van der Waals surface area contributed by atoms with Crippen LogP contribution in [-0.2, 0) is 10.8 Å². The molecule has 0 radical (unpaired) electrons. The SMILES string of the molecule is Cc1cc(-n2ccc(-c3nccs3)n2)c(CCO[Si](C)(C)C(C)(C)C)c(Cl)n1. The zero-order valence-electron chi connectivity index (χ0n) is 17.3. The van der Waals surface area contributed by atoms with Crippen LogP contribution in [0.1, 0.15) is 32.0 Å². The average Bonchev–Trinajstić information content (AvgIpc) is 3.26. The molecular weight excluding hydrogens is 408 g/mol. The van der Waals surface area contributed by atoms with Gasteiger partial charge in [-0.2, -0.15) is 5.10 Å². The predicted octanol–water partition coefficient (Wildman–Crippen LogP) is 5.92. The Bertz CT molecular complexity index is 948. The Hall–Kier alpha value is -1.54. The van der Waals surface area contributed by atoms with E-state index in [1.807, 2.05) is 35.3 Å². The third kappa shape index (κ3) is 4.54. The molecule has 3 aromatic rings. The van der Waals surface area contributed by atoms with Gasteiger partial charge in [-0.3, -0.25) is 0 Å². The summed E-state index contributed by atoms with van der Waals surface area (Å²) in [5.74, 6) is 0. The molecule has 0 spiro atoms. The van der Waals surface area contributed by atoms with Gasteiger partial charge in [0.2, 0.25) is 0 Å². The van der Waals surface area contributed by atoms with Crippen molar-refractivity contribution in [1.29, 1.82) is 0 Å². The number of hydrogen-bond donors (Lipinski definition) is 0. The highest BCUT2D eigenvalue weighted by atomic mass is 35.5. The first-order valence-corrected chi connectivity index (χ1v) is 13.5. The molecule has 0 fully saturated rings. The molecule has 0 aromatic carbocycles. The van der Waals surface area contributed by atoms with Crippen LogP contribution in [0.4, 0.5) is 0 Å². The molecule has 150 valence electrons. The van der Waals surface area contributed by atoms with Gasteiger partial charge in [-0.1, -0.05) is 32.4 Å². The summed E-state index contributed by atoms with van der Waals surface area (Å²) >= 11 is 8.10. The first kappa shape index (κ1) is 21.2. The molecule has 0 aliphatic carbocycles. The molecule has 0 unspecified atom stereocenters. The molecule has 0 aliphatic rings. The lowest BCUT2D eigenvalue weighted by Crippen LogP contribution is -2.41. The fourth-order valence-corrected chi connectivity index (χ4v) is 4.60. The molecule has 8 heteroatoms. The number of rotatable bonds is 6. The molecular formula is C20H27ClN4OSSi. The van der Waals surface area contributed by atoms with Crippen molar-refractivity contribution in [3.63, 3.8) is 0 Å². The van der Waals surface area contributed by atoms with Gasteiger partial charge in [0.05, 0.1) is 5.69 Å². The second kappa shape index (κ2) is 8.06. The largest absolute Gasteiger partial charge is 0.416 e. The molecule has 0 atom stereocenters. The second-order valence-corrected chi connectivity index (χ2v) is 14.5. The molecule has 5 nitrogen and oxygen atoms in total. The van der Waals surface area contributed by atoms with Crippen LogP contribution in [-0.4, -0.2) is 34.7 Å². The Labute approximate surface area is 176 Å². The van der Waals surface area contributed by atoms with Crippen LogP contribution in [0.25, 0.3) is 16.4 Å². The molecule has 0 amide bonds. The Balaban J connectivity index is 1.87. The van der Waals surface area contributed by atoms with E-state index in [0.29, 0.717) is 18.2 Å². The standard InChI is InChI=1S/C20H27ClN4OSSi/c1-14-13-17(25-10-7-16(24-25)19-22-9-12-27-19)15(18(21)23-14)8-11-26-28(5,6)20(2,3)4/h7,9-10,12-13H,8,11H2,1-6H3. The summed E-state index contributed by atoms with van der Waals surface area (Å²) in [5.41, 5.74) is 3.61. The van der Waals surface area contributed by atoms with Crippen molar-refractivity contribution in [3.8, 4) is 16.4 Å². The summed E-state index contributed by atoms with van der Waals surface area (Å²) in [6.07, 6.45) is 4.43. The van der Waals surface area contributed by atoms with E-state index < -0.39 is 8.32 Å². The number of thiazole rings is 1. The van der Waals surface area contributed by atoms with Gasteiger partial charge in [-0.05, 0) is 43.6 Å². The average molecular weight is 435 g/mol. The Morgan fingerprint density at radius 2 is 2.04 bits per heavy atom. The molecule has 0 bridgehead atoms. The lowest BCUT2D eigenvalue weighted by molar-refractivity contribution is 0.291. The van der Waals surface area contributed by atoms with Crippen molar-refractivity contribution < 1.29 is 4.43 Å². The monoisotopic (exact) mass is 434 g/mol. The Kier molecular flexibility index (Phi) is 6.10. The highest BCUT2D eigenvalue weighted by Crippen LogP contribution is 2.36. The van der Waals surface area contributed by atoms with Crippen LogP contribution >= 0.6 is 22.9 Å². The summed E-state index contributed by atoms with van der Waals surface area (Å²) in [6.45, 7) is 13.8. The number of nitrogens with zero attached hydrogens (tertiary/aromatic N) is 4. The van der Waals surface area contributed by atoms with Crippen LogP contribution in [0.2, 0.25) is 23.3 Å². The number of halogens is 1. The van der Waals surface area contributed by atoms with Crippen molar-refractivity contribution in [2.75, 3.05) is 6.61 Å². The maximum atomic E-state index is 6.52. The van der Waals surface area contributed by atoms with Crippen molar-refractivity contribution >= 4 is 31.3 Å². The molecule has 3 aromatic heterocycles. The first-order valence-electron chi connectivity index (χ1n) is 9.34. The zero-order valence-corrected chi connectivity index (χ0v) is 19.9. The Morgan fingerprint density at radius 3 is 2.68 bits per heavy atom. The third-order valence-corrected chi connectivity index (χ3v) is 10.9. The van der Waals surface area contributed by atoms with Gasteiger partial charge in [-0.25, -0.2) is 14.6 Å². The fourth-order valence-electron chi connectivity index (χ4n) is 2.63. The van der Waals surface area contributed by atoms with Gasteiger partial charge >= 0.3 is 0 Å². The summed E-state index contributed by atoms with van der Waals surface area (Å²) in [5, 5.41) is 8.25. The Morgan fingerprint density at radius 1 is 1.29 bits per heavy atom. The van der Waals surface area contributed by atoms with Gasteiger partial charge < -0.3 is 4.43 Å². The van der Waals surface area contributed by atoms with Crippen LogP contribution in [0.5, 0.6) is 0 Å². The summed E-state index contributed by atoms with van der Waals surface area (Å²) in [4.78, 5) is 8.79. The van der Waals surface area contributed by atoms with E-state index in [1.165, 1.54) is 0 Å². The normalized spacial score (nSPS) is 12.5. The highest BCUT2D eigenvalue weighted by Gasteiger charge is 2.37. The van der Waals surface area contributed by atoms with Crippen LogP contribution in [0.15, 0.2) is 29.9 Å². The summed E-state index contributed by atoms with van der Waals surface area (Å²) < 4.78 is 8.21. The van der Waals surface area contributed by atoms with Gasteiger partial charge in [0.25, 0.3) is 0 Å². The smallest absolute Gasteiger partial charge is 0.191 e.